The Morgan fingerprint density at radius 3 is 2.54 bits per heavy atom. The summed E-state index contributed by atoms with van der Waals surface area (Å²) >= 11 is 3.10. The van der Waals surface area contributed by atoms with Crippen molar-refractivity contribution in [2.45, 2.75) is 0 Å². The number of nitrogens with zero attached hydrogens (tertiary/aromatic N) is 1. The molecule has 0 unspecified atom stereocenters. The van der Waals surface area contributed by atoms with Gasteiger partial charge in [0.1, 0.15) is 17.3 Å². The molecule has 0 aliphatic rings. The lowest BCUT2D eigenvalue weighted by molar-refractivity contribution is -0.136. The number of amides is 2. The second-order valence-electron chi connectivity index (χ2n) is 4.89. The lowest BCUT2D eigenvalue weighted by Gasteiger charge is -2.07. The highest BCUT2D eigenvalue weighted by molar-refractivity contribution is 9.10. The summed E-state index contributed by atoms with van der Waals surface area (Å²) in [5, 5.41) is 5.86. The first-order valence-corrected chi connectivity index (χ1v) is 8.05. The van der Waals surface area contributed by atoms with Crippen LogP contribution in [-0.4, -0.2) is 32.2 Å². The molecule has 0 atom stereocenters. The maximum atomic E-state index is 13.7. The maximum Gasteiger partial charge on any atom is 0.329 e. The third kappa shape index (κ3) is 5.03. The molecule has 26 heavy (non-hydrogen) atoms. The number of anilines is 1. The Kier molecular flexibility index (Phi) is 6.67. The van der Waals surface area contributed by atoms with E-state index in [4.69, 9.17) is 9.47 Å². The number of ether oxygens (including phenoxy) is 2. The van der Waals surface area contributed by atoms with Crippen LogP contribution in [0.1, 0.15) is 5.56 Å². The van der Waals surface area contributed by atoms with Crippen LogP contribution in [-0.2, 0) is 9.59 Å². The van der Waals surface area contributed by atoms with Gasteiger partial charge in [0.05, 0.1) is 26.1 Å². The molecule has 0 radical (unpaired) electrons. The third-order valence-corrected chi connectivity index (χ3v) is 3.69. The van der Waals surface area contributed by atoms with Crippen molar-refractivity contribution in [3.63, 3.8) is 0 Å². The average molecular weight is 424 g/mol. The van der Waals surface area contributed by atoms with E-state index in [9.17, 15) is 14.0 Å². The fourth-order valence-electron chi connectivity index (χ4n) is 1.92. The molecule has 2 aromatic rings. The van der Waals surface area contributed by atoms with E-state index in [1.54, 1.807) is 18.2 Å². The van der Waals surface area contributed by atoms with Crippen LogP contribution in [0.4, 0.5) is 10.1 Å². The van der Waals surface area contributed by atoms with Crippen molar-refractivity contribution in [2.75, 3.05) is 19.5 Å². The van der Waals surface area contributed by atoms with Gasteiger partial charge < -0.3 is 14.8 Å². The first-order valence-electron chi connectivity index (χ1n) is 7.26. The predicted molar refractivity (Wildman–Crippen MR) is 98.0 cm³/mol. The SMILES string of the molecule is COc1ccc(OC)c(/C=N/NC(=O)C(=O)Nc2ccc(Br)cc2F)c1. The molecule has 7 nitrogen and oxygen atoms in total. The number of halogens is 2. The second-order valence-corrected chi connectivity index (χ2v) is 5.80. The number of hydrogen-bond acceptors (Lipinski definition) is 5. The normalized spacial score (nSPS) is 10.5. The number of hydrazone groups is 1. The lowest BCUT2D eigenvalue weighted by atomic mass is 10.2. The number of hydrogen-bond donors (Lipinski definition) is 2. The van der Waals surface area contributed by atoms with Crippen molar-refractivity contribution in [3.8, 4) is 11.5 Å². The smallest absolute Gasteiger partial charge is 0.329 e. The molecule has 0 bridgehead atoms. The Balaban J connectivity index is 2.01. The number of carbonyl (C=O) groups excluding carboxylic acids is 2. The van der Waals surface area contributed by atoms with Crippen molar-refractivity contribution in [3.05, 3.63) is 52.3 Å². The van der Waals surface area contributed by atoms with Gasteiger partial charge in [-0.3, -0.25) is 9.59 Å². The van der Waals surface area contributed by atoms with Crippen molar-refractivity contribution < 1.29 is 23.5 Å². The number of nitrogens with one attached hydrogen (secondary N) is 2. The second kappa shape index (κ2) is 8.95. The molecule has 0 aliphatic heterocycles. The highest BCUT2D eigenvalue weighted by atomic mass is 79.9. The Labute approximate surface area is 157 Å². The molecule has 2 amide bonds. The van der Waals surface area contributed by atoms with E-state index in [2.05, 4.69) is 31.8 Å². The van der Waals surface area contributed by atoms with Gasteiger partial charge in [-0.15, -0.1) is 0 Å². The van der Waals surface area contributed by atoms with Gasteiger partial charge in [-0.25, -0.2) is 9.82 Å². The zero-order valence-corrected chi connectivity index (χ0v) is 15.5. The van der Waals surface area contributed by atoms with E-state index in [1.807, 2.05) is 0 Å². The molecule has 0 aromatic heterocycles. The van der Waals surface area contributed by atoms with Crippen LogP contribution in [0, 0.1) is 5.82 Å². The standard InChI is InChI=1S/C17H15BrFN3O4/c1-25-12-4-6-15(26-2)10(7-12)9-20-22-17(24)16(23)21-14-5-3-11(18)8-13(14)19/h3-9H,1-2H3,(H,21,23)(H,22,24)/b20-9+. The topological polar surface area (TPSA) is 89.0 Å². The minimum Gasteiger partial charge on any atom is -0.497 e. The van der Waals surface area contributed by atoms with Crippen molar-refractivity contribution in [2.24, 2.45) is 5.10 Å². The summed E-state index contributed by atoms with van der Waals surface area (Å²) in [4.78, 5) is 23.6. The van der Waals surface area contributed by atoms with Crippen molar-refractivity contribution >= 4 is 39.6 Å². The van der Waals surface area contributed by atoms with Gasteiger partial charge in [0, 0.05) is 10.0 Å². The van der Waals surface area contributed by atoms with Crippen LogP contribution >= 0.6 is 15.9 Å². The van der Waals surface area contributed by atoms with Crippen molar-refractivity contribution in [1.82, 2.24) is 5.43 Å². The number of benzene rings is 2. The molecule has 2 N–H and O–H groups in total. The van der Waals surface area contributed by atoms with Gasteiger partial charge >= 0.3 is 11.8 Å². The fraction of sp³-hybridized carbons (Fsp3) is 0.118. The maximum absolute atomic E-state index is 13.7. The molecule has 0 saturated heterocycles. The van der Waals surface area contributed by atoms with Gasteiger partial charge in [-0.05, 0) is 36.4 Å². The Morgan fingerprint density at radius 1 is 1.12 bits per heavy atom. The van der Waals surface area contributed by atoms with E-state index in [0.29, 0.717) is 21.5 Å². The van der Waals surface area contributed by atoms with Crippen LogP contribution in [0.15, 0.2) is 46.0 Å². The average Bonchev–Trinajstić information content (AvgIpc) is 2.63. The molecule has 0 heterocycles. The highest BCUT2D eigenvalue weighted by Gasteiger charge is 2.15. The first-order chi connectivity index (χ1) is 12.4. The molecular formula is C17H15BrFN3O4. The Morgan fingerprint density at radius 2 is 1.88 bits per heavy atom. The quantitative estimate of drug-likeness (QED) is 0.439. The molecule has 2 rings (SSSR count). The minimum absolute atomic E-state index is 0.119. The van der Waals surface area contributed by atoms with Gasteiger partial charge in [-0.1, -0.05) is 15.9 Å². The van der Waals surface area contributed by atoms with E-state index in [0.717, 1.165) is 0 Å². The van der Waals surface area contributed by atoms with Crippen LogP contribution in [0.25, 0.3) is 0 Å². The van der Waals surface area contributed by atoms with Gasteiger partial charge in [-0.2, -0.15) is 5.10 Å². The van der Waals surface area contributed by atoms with Crippen LogP contribution in [0.2, 0.25) is 0 Å². The summed E-state index contributed by atoms with van der Waals surface area (Å²) < 4.78 is 24.4. The summed E-state index contributed by atoms with van der Waals surface area (Å²) in [5.74, 6) is -1.70. The molecule has 9 heteroatoms. The van der Waals surface area contributed by atoms with E-state index in [1.165, 1.54) is 38.6 Å². The van der Waals surface area contributed by atoms with Crippen LogP contribution in [0.3, 0.4) is 0 Å². The van der Waals surface area contributed by atoms with Crippen LogP contribution in [0.5, 0.6) is 11.5 Å². The number of rotatable bonds is 5. The Hall–Kier alpha value is -2.94. The van der Waals surface area contributed by atoms with E-state index >= 15 is 0 Å². The summed E-state index contributed by atoms with van der Waals surface area (Å²) in [5.41, 5.74) is 2.48. The molecule has 0 saturated carbocycles. The Bertz CT molecular complexity index is 858. The molecule has 0 fully saturated rings. The zero-order valence-electron chi connectivity index (χ0n) is 13.9. The third-order valence-electron chi connectivity index (χ3n) is 3.19. The predicted octanol–water partition coefficient (Wildman–Crippen LogP) is 2.69. The summed E-state index contributed by atoms with van der Waals surface area (Å²) in [6.07, 6.45) is 1.30. The van der Waals surface area contributed by atoms with Gasteiger partial charge in [0.2, 0.25) is 0 Å². The van der Waals surface area contributed by atoms with Gasteiger partial charge in [0.25, 0.3) is 0 Å². The monoisotopic (exact) mass is 423 g/mol. The number of methoxy groups -OCH3 is 2. The van der Waals surface area contributed by atoms with E-state index in [-0.39, 0.29) is 5.69 Å². The summed E-state index contributed by atoms with van der Waals surface area (Å²) in [6, 6.07) is 9.05. The minimum atomic E-state index is -1.05. The van der Waals surface area contributed by atoms with Crippen molar-refractivity contribution in [1.29, 1.82) is 0 Å². The molecule has 136 valence electrons. The molecular weight excluding hydrogens is 409 g/mol. The van der Waals surface area contributed by atoms with Crippen LogP contribution < -0.4 is 20.2 Å². The molecule has 2 aromatic carbocycles. The number of carbonyl (C=O) groups is 2. The molecule has 0 aliphatic carbocycles. The zero-order chi connectivity index (χ0) is 19.1. The summed E-state index contributed by atoms with van der Waals surface area (Å²) in [7, 11) is 2.99. The lowest BCUT2D eigenvalue weighted by Crippen LogP contribution is -2.32. The fourth-order valence-corrected chi connectivity index (χ4v) is 2.25. The van der Waals surface area contributed by atoms with Gasteiger partial charge in [0.15, 0.2) is 0 Å². The highest BCUT2D eigenvalue weighted by Crippen LogP contribution is 2.22. The largest absolute Gasteiger partial charge is 0.497 e. The first kappa shape index (κ1) is 19.4. The van der Waals surface area contributed by atoms with E-state index < -0.39 is 17.6 Å². The molecule has 0 spiro atoms. The summed E-state index contributed by atoms with van der Waals surface area (Å²) in [6.45, 7) is 0.